The van der Waals surface area contributed by atoms with E-state index in [0.29, 0.717) is 5.58 Å². The van der Waals surface area contributed by atoms with E-state index in [2.05, 4.69) is 0 Å². The Morgan fingerprint density at radius 2 is 1.88 bits per heavy atom. The molecule has 0 saturated heterocycles. The highest BCUT2D eigenvalue weighted by Gasteiger charge is 2.20. The average Bonchev–Trinajstić information content (AvgIpc) is 2.90. The Morgan fingerprint density at radius 1 is 1.12 bits per heavy atom. The van der Waals surface area contributed by atoms with Crippen LogP contribution in [0.3, 0.4) is 0 Å². The number of para-hydroxylation sites is 3. The number of carbonyl (C=O) groups excluding carboxylic acids is 1. The summed E-state index contributed by atoms with van der Waals surface area (Å²) in [6.45, 7) is 0.0878. The molecule has 0 amide bonds. The number of nitrogens with zero attached hydrogens (tertiary/aromatic N) is 2. The molecule has 0 aliphatic rings. The highest BCUT2D eigenvalue weighted by molar-refractivity contribution is 5.98. The van der Waals surface area contributed by atoms with Gasteiger partial charge in [-0.3, -0.25) is 4.79 Å². The number of Topliss-reactive ketones (excluding diaryl/α,β-unsaturated/α-hetero) is 1. The molecule has 0 unspecified atom stereocenters. The van der Waals surface area contributed by atoms with Gasteiger partial charge in [-0.25, -0.2) is 13.9 Å². The van der Waals surface area contributed by atoms with E-state index in [1.165, 1.54) is 0 Å². The fourth-order valence-electron chi connectivity index (χ4n) is 2.96. The number of hydrogen-bond acceptors (Lipinski definition) is 3. The molecule has 0 atom stereocenters. The predicted octanol–water partition coefficient (Wildman–Crippen LogP) is 2.46. The molecule has 0 radical (unpaired) electrons. The van der Waals surface area contributed by atoms with Crippen molar-refractivity contribution in [3.8, 4) is 0 Å². The second kappa shape index (κ2) is 5.45. The molecule has 5 nitrogen and oxygen atoms in total. The number of rotatable bonds is 3. The van der Waals surface area contributed by atoms with Crippen molar-refractivity contribution in [2.75, 3.05) is 0 Å². The second-order valence-electron chi connectivity index (χ2n) is 5.75. The minimum Gasteiger partial charge on any atom is -0.422 e. The normalized spacial score (nSPS) is 11.2. The Kier molecular flexibility index (Phi) is 3.27. The molecular weight excluding hydrogens is 304 g/mol. The molecular formula is C19H15N2O3+. The van der Waals surface area contributed by atoms with Gasteiger partial charge in [-0.1, -0.05) is 30.3 Å². The van der Waals surface area contributed by atoms with Gasteiger partial charge < -0.3 is 4.42 Å². The summed E-state index contributed by atoms with van der Waals surface area (Å²) in [6.07, 6.45) is 1.85. The Hall–Kier alpha value is -3.21. The Balaban J connectivity index is 1.76. The van der Waals surface area contributed by atoms with Gasteiger partial charge in [0.05, 0.1) is 7.05 Å². The maximum Gasteiger partial charge on any atom is 0.347 e. The van der Waals surface area contributed by atoms with Crippen LogP contribution in [0.15, 0.2) is 70.1 Å². The van der Waals surface area contributed by atoms with E-state index in [1.54, 1.807) is 18.2 Å². The van der Waals surface area contributed by atoms with Crippen LogP contribution in [0.2, 0.25) is 0 Å². The molecule has 4 rings (SSSR count). The highest BCUT2D eigenvalue weighted by Crippen LogP contribution is 2.15. The largest absolute Gasteiger partial charge is 0.422 e. The van der Waals surface area contributed by atoms with Gasteiger partial charge in [0.2, 0.25) is 12.1 Å². The van der Waals surface area contributed by atoms with Gasteiger partial charge in [-0.15, -0.1) is 0 Å². The number of carbonyl (C=O) groups is 1. The SMILES string of the molecule is C[n+]1cn(CC(=O)c2cc3ccccc3oc2=O)c2ccccc21. The molecule has 4 aromatic rings. The lowest BCUT2D eigenvalue weighted by Crippen LogP contribution is -2.26. The molecule has 2 heterocycles. The zero-order valence-electron chi connectivity index (χ0n) is 13.1. The van der Waals surface area contributed by atoms with E-state index in [4.69, 9.17) is 4.42 Å². The molecule has 0 aliphatic carbocycles. The quantitative estimate of drug-likeness (QED) is 0.331. The van der Waals surface area contributed by atoms with E-state index < -0.39 is 5.63 Å². The summed E-state index contributed by atoms with van der Waals surface area (Å²) in [5, 5.41) is 0.739. The predicted molar refractivity (Wildman–Crippen MR) is 89.9 cm³/mol. The lowest BCUT2D eigenvalue weighted by molar-refractivity contribution is -0.645. The number of hydrogen-bond donors (Lipinski definition) is 0. The summed E-state index contributed by atoms with van der Waals surface area (Å²) in [6, 6.07) is 16.6. The number of aryl methyl sites for hydroxylation is 1. The maximum absolute atomic E-state index is 12.6. The van der Waals surface area contributed by atoms with Crippen LogP contribution in [0.1, 0.15) is 10.4 Å². The molecule has 24 heavy (non-hydrogen) atoms. The van der Waals surface area contributed by atoms with Crippen LogP contribution in [0.25, 0.3) is 22.0 Å². The zero-order chi connectivity index (χ0) is 16.7. The average molecular weight is 319 g/mol. The first kappa shape index (κ1) is 14.4. The standard InChI is InChI=1S/C19H15N2O3/c1-20-12-21(16-8-4-3-7-15(16)20)11-17(22)14-10-13-6-2-5-9-18(13)24-19(14)23/h2-10,12H,11H2,1H3/q+1. The number of benzene rings is 2. The molecule has 5 heteroatoms. The molecule has 0 spiro atoms. The van der Waals surface area contributed by atoms with Gasteiger partial charge in [0.25, 0.3) is 0 Å². The van der Waals surface area contributed by atoms with Crippen LogP contribution in [-0.2, 0) is 13.6 Å². The molecule has 0 N–H and O–H groups in total. The first-order valence-corrected chi connectivity index (χ1v) is 7.63. The topological polar surface area (TPSA) is 56.1 Å². The Bertz CT molecular complexity index is 1140. The van der Waals surface area contributed by atoms with Crippen LogP contribution >= 0.6 is 0 Å². The van der Waals surface area contributed by atoms with Gasteiger partial charge in [0, 0.05) is 5.39 Å². The van der Waals surface area contributed by atoms with E-state index in [1.807, 2.05) is 58.9 Å². The van der Waals surface area contributed by atoms with E-state index in [-0.39, 0.29) is 17.9 Å². The summed E-state index contributed by atoms with van der Waals surface area (Å²) in [5.41, 5.74) is 1.93. The monoisotopic (exact) mass is 319 g/mol. The lowest BCUT2D eigenvalue weighted by atomic mass is 10.1. The fraction of sp³-hybridized carbons (Fsp3) is 0.105. The summed E-state index contributed by atoms with van der Waals surface area (Å²) in [4.78, 5) is 24.8. The molecule has 0 saturated carbocycles. The molecule has 0 bridgehead atoms. The summed E-state index contributed by atoms with van der Waals surface area (Å²) in [5.74, 6) is -0.268. The van der Waals surface area contributed by atoms with Crippen molar-refractivity contribution in [2.45, 2.75) is 6.54 Å². The molecule has 2 aromatic heterocycles. The van der Waals surface area contributed by atoms with Gasteiger partial charge in [0.15, 0.2) is 17.6 Å². The number of ketones is 1. The molecule has 2 aromatic carbocycles. The minimum absolute atomic E-state index is 0.0779. The summed E-state index contributed by atoms with van der Waals surface area (Å²) < 4.78 is 9.04. The van der Waals surface area contributed by atoms with Crippen molar-refractivity contribution in [2.24, 2.45) is 7.05 Å². The van der Waals surface area contributed by atoms with Gasteiger partial charge in [-0.2, -0.15) is 0 Å². The number of fused-ring (bicyclic) bond motifs is 2. The van der Waals surface area contributed by atoms with Crippen LogP contribution in [-0.4, -0.2) is 10.4 Å². The van der Waals surface area contributed by atoms with E-state index in [0.717, 1.165) is 16.4 Å². The second-order valence-corrected chi connectivity index (χ2v) is 5.75. The van der Waals surface area contributed by atoms with Crippen LogP contribution in [0.5, 0.6) is 0 Å². The maximum atomic E-state index is 12.6. The van der Waals surface area contributed by atoms with Gasteiger partial charge in [0.1, 0.15) is 11.1 Å². The van der Waals surface area contributed by atoms with Crippen molar-refractivity contribution in [3.05, 3.63) is 76.9 Å². The minimum atomic E-state index is -0.598. The number of imidazole rings is 1. The van der Waals surface area contributed by atoms with Crippen molar-refractivity contribution in [1.82, 2.24) is 4.57 Å². The molecule has 0 aliphatic heterocycles. The lowest BCUT2D eigenvalue weighted by Gasteiger charge is -2.01. The summed E-state index contributed by atoms with van der Waals surface area (Å²) in [7, 11) is 1.92. The third-order valence-electron chi connectivity index (χ3n) is 4.14. The van der Waals surface area contributed by atoms with Crippen molar-refractivity contribution in [3.63, 3.8) is 0 Å². The smallest absolute Gasteiger partial charge is 0.347 e. The highest BCUT2D eigenvalue weighted by atomic mass is 16.4. The first-order chi connectivity index (χ1) is 11.6. The van der Waals surface area contributed by atoms with Crippen LogP contribution in [0, 0.1) is 0 Å². The van der Waals surface area contributed by atoms with Crippen molar-refractivity contribution in [1.29, 1.82) is 0 Å². The van der Waals surface area contributed by atoms with Crippen LogP contribution < -0.4 is 10.2 Å². The molecule has 118 valence electrons. The Morgan fingerprint density at radius 3 is 2.75 bits per heavy atom. The third kappa shape index (κ3) is 2.31. The first-order valence-electron chi connectivity index (χ1n) is 7.63. The van der Waals surface area contributed by atoms with E-state index in [9.17, 15) is 9.59 Å². The van der Waals surface area contributed by atoms with Crippen LogP contribution in [0.4, 0.5) is 0 Å². The van der Waals surface area contributed by atoms with E-state index >= 15 is 0 Å². The Labute approximate surface area is 137 Å². The van der Waals surface area contributed by atoms with Crippen molar-refractivity contribution < 1.29 is 13.8 Å². The van der Waals surface area contributed by atoms with Gasteiger partial charge in [-0.05, 0) is 24.3 Å². The van der Waals surface area contributed by atoms with Gasteiger partial charge >= 0.3 is 5.63 Å². The fourth-order valence-corrected chi connectivity index (χ4v) is 2.96. The molecule has 0 fully saturated rings. The summed E-state index contributed by atoms with van der Waals surface area (Å²) >= 11 is 0. The zero-order valence-corrected chi connectivity index (χ0v) is 13.1. The van der Waals surface area contributed by atoms with Crippen molar-refractivity contribution >= 4 is 27.8 Å². The third-order valence-corrected chi connectivity index (χ3v) is 4.14. The number of aromatic nitrogens is 2.